The van der Waals surface area contributed by atoms with Crippen LogP contribution >= 0.6 is 11.8 Å². The molecule has 0 saturated carbocycles. The molecule has 0 aliphatic carbocycles. The number of rotatable bonds is 6. The second-order valence-corrected chi connectivity index (χ2v) is 6.17. The van der Waals surface area contributed by atoms with E-state index in [4.69, 9.17) is 4.74 Å². The Labute approximate surface area is 147 Å². The van der Waals surface area contributed by atoms with Crippen LogP contribution in [0.2, 0.25) is 0 Å². The predicted molar refractivity (Wildman–Crippen MR) is 89.0 cm³/mol. The molecule has 25 heavy (non-hydrogen) atoms. The lowest BCUT2D eigenvalue weighted by molar-refractivity contribution is -0.398. The summed E-state index contributed by atoms with van der Waals surface area (Å²) in [6.45, 7) is 1.73. The molecule has 1 aromatic carbocycles. The van der Waals surface area contributed by atoms with Gasteiger partial charge in [0, 0.05) is 17.5 Å². The van der Waals surface area contributed by atoms with Crippen molar-refractivity contribution < 1.29 is 24.4 Å². The fourth-order valence-electron chi connectivity index (χ4n) is 2.37. The van der Waals surface area contributed by atoms with Crippen LogP contribution in [0.5, 0.6) is 5.75 Å². The number of nitro benzene ring substituents is 1. The molecule has 9 nitrogen and oxygen atoms in total. The molecule has 0 saturated heterocycles. The second-order valence-electron chi connectivity index (χ2n) is 5.18. The van der Waals surface area contributed by atoms with Gasteiger partial charge in [0.2, 0.25) is 0 Å². The maximum Gasteiger partial charge on any atom is 0.338 e. The quantitative estimate of drug-likeness (QED) is 0.334. The Morgan fingerprint density at radius 2 is 2.16 bits per heavy atom. The highest BCUT2D eigenvalue weighted by atomic mass is 32.2. The third kappa shape index (κ3) is 4.21. The number of urea groups is 1. The van der Waals surface area contributed by atoms with Crippen molar-refractivity contribution in [1.82, 2.24) is 10.6 Å². The number of carbonyl (C=O) groups excluding carboxylic acids is 2. The number of esters is 1. The lowest BCUT2D eigenvalue weighted by Gasteiger charge is -2.28. The number of nitrogens with zero attached hydrogens (tertiary/aromatic N) is 1. The molecule has 134 valence electrons. The normalized spacial score (nSPS) is 16.9. The average Bonchev–Trinajstić information content (AvgIpc) is 2.54. The molecule has 2 amide bonds. The summed E-state index contributed by atoms with van der Waals surface area (Å²) in [4.78, 5) is 34.3. The van der Waals surface area contributed by atoms with Crippen molar-refractivity contribution in [2.75, 3.05) is 18.6 Å². The molecule has 10 heteroatoms. The van der Waals surface area contributed by atoms with Crippen LogP contribution in [0.3, 0.4) is 0 Å². The zero-order valence-corrected chi connectivity index (χ0v) is 14.3. The Balaban J connectivity index is 2.40. The molecule has 2 N–H and O–H groups in total. The number of hydrogen-bond acceptors (Lipinski definition) is 7. The molecular formula is C15H16N3O6S-. The largest absolute Gasteiger partial charge is 0.868 e. The smallest absolute Gasteiger partial charge is 0.338 e. The fraction of sp³-hybridized carbons (Fsp3) is 0.333. The Morgan fingerprint density at radius 3 is 2.80 bits per heavy atom. The first-order chi connectivity index (χ1) is 11.8. The molecule has 1 aliphatic rings. The highest BCUT2D eigenvalue weighted by Gasteiger charge is 2.33. The van der Waals surface area contributed by atoms with Gasteiger partial charge in [0.05, 0.1) is 16.5 Å². The third-order valence-corrected chi connectivity index (χ3v) is 4.10. The van der Waals surface area contributed by atoms with E-state index in [9.17, 15) is 24.8 Å². The van der Waals surface area contributed by atoms with Gasteiger partial charge in [-0.3, -0.25) is 10.1 Å². The van der Waals surface area contributed by atoms with E-state index in [0.717, 1.165) is 12.1 Å². The number of hydrogen-bond donors (Lipinski definition) is 2. The van der Waals surface area contributed by atoms with E-state index in [2.05, 4.69) is 10.6 Å². The van der Waals surface area contributed by atoms with Crippen molar-refractivity contribution in [3.8, 4) is 5.75 Å². The van der Waals surface area contributed by atoms with Crippen LogP contribution in [-0.4, -0.2) is 35.5 Å². The maximum absolute atomic E-state index is 12.4. The lowest BCUT2D eigenvalue weighted by atomic mass is 9.95. The third-order valence-electron chi connectivity index (χ3n) is 3.52. The molecule has 1 heterocycles. The van der Waals surface area contributed by atoms with Gasteiger partial charge in [-0.05, 0) is 24.5 Å². The summed E-state index contributed by atoms with van der Waals surface area (Å²) in [5, 5.41) is 27.6. The molecule has 0 radical (unpaired) electrons. The topological polar surface area (TPSA) is 134 Å². The average molecular weight is 366 g/mol. The van der Waals surface area contributed by atoms with Crippen LogP contribution in [-0.2, 0) is 9.53 Å². The lowest BCUT2D eigenvalue weighted by Crippen LogP contribution is -2.45. The summed E-state index contributed by atoms with van der Waals surface area (Å²) >= 11 is 1.51. The fourth-order valence-corrected chi connectivity index (χ4v) is 2.62. The second kappa shape index (κ2) is 7.88. The summed E-state index contributed by atoms with van der Waals surface area (Å²) in [5.41, 5.74) is 0.0424. The molecule has 0 aromatic heterocycles. The van der Waals surface area contributed by atoms with Crippen molar-refractivity contribution >= 4 is 29.4 Å². The molecular weight excluding hydrogens is 350 g/mol. The van der Waals surface area contributed by atoms with Crippen LogP contribution in [0.4, 0.5) is 10.5 Å². The van der Waals surface area contributed by atoms with Crippen LogP contribution in [0.1, 0.15) is 18.5 Å². The number of nitro groups is 1. The standard InChI is InChI=1S/C15H17N3O6S/c1-8-12(14(20)24-5-6-25-2)13(17-15(21)16-8)9-3-4-11(19)10(7-9)18(22)23/h3-4,7,13,19H,5-6H2,1-2H3,(H2,16,17,21)/p-1/t13-/m0/s1. The zero-order valence-electron chi connectivity index (χ0n) is 13.5. The highest BCUT2D eigenvalue weighted by Crippen LogP contribution is 2.32. The molecule has 2 rings (SSSR count). The first-order valence-corrected chi connectivity index (χ1v) is 8.64. The molecule has 0 spiro atoms. The molecule has 0 unspecified atom stereocenters. The number of amides is 2. The molecule has 1 aliphatic heterocycles. The van der Waals surface area contributed by atoms with E-state index in [1.165, 1.54) is 24.8 Å². The van der Waals surface area contributed by atoms with Gasteiger partial charge in [0.1, 0.15) is 6.61 Å². The molecule has 1 aromatic rings. The van der Waals surface area contributed by atoms with Crippen molar-refractivity contribution in [1.29, 1.82) is 0 Å². The van der Waals surface area contributed by atoms with Crippen LogP contribution in [0.25, 0.3) is 0 Å². The first kappa shape index (κ1) is 18.6. The number of thioether (sulfide) groups is 1. The van der Waals surface area contributed by atoms with E-state index in [-0.39, 0.29) is 23.4 Å². The van der Waals surface area contributed by atoms with E-state index in [0.29, 0.717) is 5.75 Å². The molecule has 0 fully saturated rings. The summed E-state index contributed by atoms with van der Waals surface area (Å²) in [6.07, 6.45) is 1.87. The Bertz CT molecular complexity index is 749. The van der Waals surface area contributed by atoms with Crippen molar-refractivity contribution in [3.05, 3.63) is 45.1 Å². The molecule has 0 bridgehead atoms. The van der Waals surface area contributed by atoms with Crippen LogP contribution < -0.4 is 15.7 Å². The first-order valence-electron chi connectivity index (χ1n) is 7.24. The Hall–Kier alpha value is -2.75. The minimum atomic E-state index is -0.949. The Kier molecular flexibility index (Phi) is 5.86. The number of nitrogens with one attached hydrogen (secondary N) is 2. The summed E-state index contributed by atoms with van der Waals surface area (Å²) in [5.74, 6) is -0.782. The van der Waals surface area contributed by atoms with Gasteiger partial charge in [0.15, 0.2) is 0 Å². The maximum atomic E-state index is 12.4. The van der Waals surface area contributed by atoms with Gasteiger partial charge in [-0.15, -0.1) is 0 Å². The van der Waals surface area contributed by atoms with Gasteiger partial charge >= 0.3 is 12.0 Å². The van der Waals surface area contributed by atoms with Crippen molar-refractivity contribution in [3.63, 3.8) is 0 Å². The summed E-state index contributed by atoms with van der Waals surface area (Å²) in [7, 11) is 0. The minimum absolute atomic E-state index is 0.133. The van der Waals surface area contributed by atoms with Crippen molar-refractivity contribution in [2.24, 2.45) is 0 Å². The van der Waals surface area contributed by atoms with E-state index < -0.39 is 34.4 Å². The van der Waals surface area contributed by atoms with Crippen LogP contribution in [0, 0.1) is 10.1 Å². The van der Waals surface area contributed by atoms with Gasteiger partial charge in [-0.2, -0.15) is 11.8 Å². The number of ether oxygens (including phenoxy) is 1. The minimum Gasteiger partial charge on any atom is -0.868 e. The number of carbonyl (C=O) groups is 2. The van der Waals surface area contributed by atoms with Gasteiger partial charge in [-0.25, -0.2) is 9.59 Å². The predicted octanol–water partition coefficient (Wildman–Crippen LogP) is 1.20. The Morgan fingerprint density at radius 1 is 1.44 bits per heavy atom. The van der Waals surface area contributed by atoms with Crippen LogP contribution in [0.15, 0.2) is 29.5 Å². The zero-order chi connectivity index (χ0) is 18.6. The van der Waals surface area contributed by atoms with Gasteiger partial charge in [0.25, 0.3) is 5.69 Å². The highest BCUT2D eigenvalue weighted by molar-refractivity contribution is 7.98. The van der Waals surface area contributed by atoms with Gasteiger partial charge in [-0.1, -0.05) is 12.1 Å². The molecule has 1 atom stereocenters. The SMILES string of the molecule is CSCCOC(=O)C1=C(C)NC(=O)N[C@H]1c1ccc([O-])c([N+](=O)[O-])c1. The van der Waals surface area contributed by atoms with E-state index >= 15 is 0 Å². The van der Waals surface area contributed by atoms with E-state index in [1.807, 2.05) is 6.26 Å². The van der Waals surface area contributed by atoms with E-state index in [1.54, 1.807) is 0 Å². The number of benzene rings is 1. The summed E-state index contributed by atoms with van der Waals surface area (Å²) < 4.78 is 5.18. The number of allylic oxidation sites excluding steroid dienone is 1. The summed E-state index contributed by atoms with van der Waals surface area (Å²) in [6, 6.07) is 1.93. The van der Waals surface area contributed by atoms with Gasteiger partial charge < -0.3 is 20.5 Å². The monoisotopic (exact) mass is 366 g/mol. The van der Waals surface area contributed by atoms with Crippen molar-refractivity contribution in [2.45, 2.75) is 13.0 Å².